The summed E-state index contributed by atoms with van der Waals surface area (Å²) in [6, 6.07) is 11.8. The van der Waals surface area contributed by atoms with Crippen LogP contribution in [0.3, 0.4) is 0 Å². The van der Waals surface area contributed by atoms with Gasteiger partial charge in [0.05, 0.1) is 6.04 Å². The fourth-order valence-corrected chi connectivity index (χ4v) is 5.60. The van der Waals surface area contributed by atoms with E-state index in [2.05, 4.69) is 46.1 Å². The molecule has 0 radical (unpaired) electrons. The van der Waals surface area contributed by atoms with Gasteiger partial charge in [-0.05, 0) is 50.4 Å². The number of nitrogens with zero attached hydrogens (tertiary/aromatic N) is 4. The number of amides is 1. The van der Waals surface area contributed by atoms with Crippen LogP contribution in [0.2, 0.25) is 0 Å². The largest absolute Gasteiger partial charge is 0.337 e. The summed E-state index contributed by atoms with van der Waals surface area (Å²) in [5.41, 5.74) is 2.69. The van der Waals surface area contributed by atoms with Crippen LogP contribution >= 0.6 is 0 Å². The molecule has 5 heterocycles. The topological polar surface area (TPSA) is 41.4 Å². The number of hydrogen-bond donors (Lipinski definition) is 0. The first-order valence-electron chi connectivity index (χ1n) is 10.3. The zero-order chi connectivity index (χ0) is 18.4. The van der Waals surface area contributed by atoms with E-state index < -0.39 is 0 Å². The molecule has 1 amide bonds. The predicted octanol–water partition coefficient (Wildman–Crippen LogP) is 2.67. The van der Waals surface area contributed by atoms with Gasteiger partial charge in [0.1, 0.15) is 0 Å². The molecule has 0 aliphatic carbocycles. The second-order valence-corrected chi connectivity index (χ2v) is 8.44. The zero-order valence-corrected chi connectivity index (χ0v) is 16.0. The van der Waals surface area contributed by atoms with Crippen LogP contribution in [0, 0.1) is 12.8 Å². The van der Waals surface area contributed by atoms with E-state index in [-0.39, 0.29) is 0 Å². The molecule has 5 heteroatoms. The molecule has 0 unspecified atom stereocenters. The van der Waals surface area contributed by atoms with Crippen molar-refractivity contribution in [2.75, 3.05) is 19.6 Å². The Hall–Kier alpha value is -2.14. The number of carbonyl (C=O) groups excluding carboxylic acids is 1. The monoisotopic (exact) mass is 364 g/mol. The van der Waals surface area contributed by atoms with Gasteiger partial charge in [0.25, 0.3) is 0 Å². The summed E-state index contributed by atoms with van der Waals surface area (Å²) in [4.78, 5) is 18.1. The SMILES string of the molecule is Cc1ccc([C@H]2CN(C(=O)CCn3cccn3)[C@@H]3C4CCN(CC4)[C@H]23)cc1. The lowest BCUT2D eigenvalue weighted by molar-refractivity contribution is -0.136. The molecule has 1 aromatic heterocycles. The van der Waals surface area contributed by atoms with Crippen LogP contribution in [0.1, 0.15) is 36.3 Å². The quantitative estimate of drug-likeness (QED) is 0.838. The minimum atomic E-state index is 0.295. The van der Waals surface area contributed by atoms with Gasteiger partial charge in [0, 0.05) is 43.9 Å². The van der Waals surface area contributed by atoms with Crippen molar-refractivity contribution in [3.63, 3.8) is 0 Å². The number of likely N-dealkylation sites (tertiary alicyclic amines) is 1. The Morgan fingerprint density at radius 1 is 1.15 bits per heavy atom. The molecule has 0 spiro atoms. The molecule has 1 aromatic carbocycles. The van der Waals surface area contributed by atoms with E-state index in [9.17, 15) is 4.79 Å². The van der Waals surface area contributed by atoms with Gasteiger partial charge in [-0.2, -0.15) is 5.10 Å². The van der Waals surface area contributed by atoms with E-state index in [0.717, 1.165) is 6.54 Å². The summed E-state index contributed by atoms with van der Waals surface area (Å²) >= 11 is 0. The van der Waals surface area contributed by atoms with Crippen molar-refractivity contribution in [1.82, 2.24) is 19.6 Å². The zero-order valence-electron chi connectivity index (χ0n) is 16.0. The standard InChI is InChI=1S/C22H28N4O/c1-16-3-5-17(6-4-16)19-15-26(20(27)9-14-25-11-2-10-23-25)21-18-7-12-24(13-8-18)22(19)21/h2-6,10-11,18-19,21-22H,7-9,12-15H2,1H3/t19-,21-,22-/m1/s1. The smallest absolute Gasteiger partial charge is 0.224 e. The van der Waals surface area contributed by atoms with Gasteiger partial charge in [-0.3, -0.25) is 14.4 Å². The summed E-state index contributed by atoms with van der Waals surface area (Å²) in [5.74, 6) is 1.40. The molecular weight excluding hydrogens is 336 g/mol. The molecule has 5 nitrogen and oxygen atoms in total. The highest BCUT2D eigenvalue weighted by Crippen LogP contribution is 2.46. The maximum atomic E-state index is 13.2. The van der Waals surface area contributed by atoms with Crippen molar-refractivity contribution in [1.29, 1.82) is 0 Å². The molecule has 3 atom stereocenters. The number of fused-ring (bicyclic) bond motifs is 2. The van der Waals surface area contributed by atoms with E-state index in [4.69, 9.17) is 0 Å². The second-order valence-electron chi connectivity index (χ2n) is 8.44. The lowest BCUT2D eigenvalue weighted by Crippen LogP contribution is -2.60. The van der Waals surface area contributed by atoms with Gasteiger partial charge in [-0.1, -0.05) is 29.8 Å². The summed E-state index contributed by atoms with van der Waals surface area (Å²) in [6.45, 7) is 6.07. The Bertz CT molecular complexity index is 792. The number of rotatable bonds is 4. The lowest BCUT2D eigenvalue weighted by atomic mass is 9.75. The van der Waals surface area contributed by atoms with Gasteiger partial charge in [-0.15, -0.1) is 0 Å². The number of aromatic nitrogens is 2. The fourth-order valence-electron chi connectivity index (χ4n) is 5.60. The van der Waals surface area contributed by atoms with Crippen LogP contribution in [0.25, 0.3) is 0 Å². The van der Waals surface area contributed by atoms with Crippen LogP contribution in [0.5, 0.6) is 0 Å². The highest BCUT2D eigenvalue weighted by Gasteiger charge is 2.54. The van der Waals surface area contributed by atoms with Crippen molar-refractivity contribution in [2.45, 2.75) is 50.7 Å². The Labute approximate surface area is 161 Å². The molecule has 2 bridgehead atoms. The van der Waals surface area contributed by atoms with Gasteiger partial charge < -0.3 is 4.90 Å². The third kappa shape index (κ3) is 2.98. The maximum Gasteiger partial charge on any atom is 0.224 e. The maximum absolute atomic E-state index is 13.2. The number of piperidine rings is 3. The Kier molecular flexibility index (Phi) is 4.27. The second kappa shape index (κ2) is 6.79. The van der Waals surface area contributed by atoms with E-state index in [1.165, 1.54) is 37.1 Å². The van der Waals surface area contributed by atoms with Crippen LogP contribution < -0.4 is 0 Å². The molecule has 6 rings (SSSR count). The molecule has 4 fully saturated rings. The Balaban J connectivity index is 1.40. The molecule has 0 N–H and O–H groups in total. The van der Waals surface area contributed by atoms with Gasteiger partial charge >= 0.3 is 0 Å². The van der Waals surface area contributed by atoms with Crippen molar-refractivity contribution in [3.8, 4) is 0 Å². The fraction of sp³-hybridized carbons (Fsp3) is 0.545. The lowest BCUT2D eigenvalue weighted by Gasteiger charge is -2.51. The Morgan fingerprint density at radius 3 is 2.63 bits per heavy atom. The van der Waals surface area contributed by atoms with Crippen molar-refractivity contribution >= 4 is 5.91 Å². The minimum Gasteiger partial charge on any atom is -0.337 e. The van der Waals surface area contributed by atoms with Crippen LogP contribution in [0.4, 0.5) is 0 Å². The van der Waals surface area contributed by atoms with Gasteiger partial charge in [0.2, 0.25) is 5.91 Å². The van der Waals surface area contributed by atoms with Crippen LogP contribution in [-0.4, -0.2) is 57.2 Å². The Morgan fingerprint density at radius 2 is 1.93 bits per heavy atom. The first kappa shape index (κ1) is 17.0. The molecule has 4 aliphatic heterocycles. The van der Waals surface area contributed by atoms with E-state index in [1.807, 2.05) is 16.9 Å². The van der Waals surface area contributed by atoms with Crippen molar-refractivity contribution in [2.24, 2.45) is 5.92 Å². The van der Waals surface area contributed by atoms with E-state index in [0.29, 0.717) is 42.8 Å². The summed E-state index contributed by atoms with van der Waals surface area (Å²) in [7, 11) is 0. The molecule has 27 heavy (non-hydrogen) atoms. The van der Waals surface area contributed by atoms with Crippen molar-refractivity contribution < 1.29 is 4.79 Å². The molecule has 142 valence electrons. The molecular formula is C22H28N4O. The predicted molar refractivity (Wildman–Crippen MR) is 104 cm³/mol. The molecule has 0 saturated carbocycles. The number of benzene rings is 1. The average molecular weight is 364 g/mol. The normalized spacial score (nSPS) is 31.9. The third-order valence-electron chi connectivity index (χ3n) is 6.93. The van der Waals surface area contributed by atoms with Crippen molar-refractivity contribution in [3.05, 3.63) is 53.9 Å². The highest BCUT2D eigenvalue weighted by molar-refractivity contribution is 5.77. The highest BCUT2D eigenvalue weighted by atomic mass is 16.2. The average Bonchev–Trinajstić information content (AvgIpc) is 3.37. The number of carbonyl (C=O) groups is 1. The van der Waals surface area contributed by atoms with E-state index in [1.54, 1.807) is 6.20 Å². The first-order valence-corrected chi connectivity index (χ1v) is 10.3. The summed E-state index contributed by atoms with van der Waals surface area (Å²) in [6.07, 6.45) is 6.73. The van der Waals surface area contributed by atoms with Crippen LogP contribution in [0.15, 0.2) is 42.7 Å². The van der Waals surface area contributed by atoms with E-state index >= 15 is 0 Å². The van der Waals surface area contributed by atoms with Gasteiger partial charge in [-0.25, -0.2) is 0 Å². The molecule has 2 aromatic rings. The number of aryl methyl sites for hydroxylation is 2. The molecule has 4 aliphatic rings. The van der Waals surface area contributed by atoms with Gasteiger partial charge in [0.15, 0.2) is 0 Å². The van der Waals surface area contributed by atoms with Crippen LogP contribution in [-0.2, 0) is 11.3 Å². The molecule has 4 saturated heterocycles. The number of hydrogen-bond acceptors (Lipinski definition) is 3. The summed E-state index contributed by atoms with van der Waals surface area (Å²) in [5, 5.41) is 4.24. The first-order chi connectivity index (χ1) is 13.2. The summed E-state index contributed by atoms with van der Waals surface area (Å²) < 4.78 is 1.86. The third-order valence-corrected chi connectivity index (χ3v) is 6.93. The minimum absolute atomic E-state index is 0.295.